The minimum atomic E-state index is -0.228. The standard InChI is InChI=1S/C8H8O3/c1-3-4-2-5-7(10-5)6(4)11-8(3)9/h4-7H,1-2H2/t4-,5+,6+,7+/m0/s1. The average molecular weight is 152 g/mol. The third-order valence-electron chi connectivity index (χ3n) is 2.78. The van der Waals surface area contributed by atoms with E-state index >= 15 is 0 Å². The third kappa shape index (κ3) is 0.554. The van der Waals surface area contributed by atoms with Gasteiger partial charge in [0.1, 0.15) is 12.2 Å². The molecule has 0 aromatic carbocycles. The summed E-state index contributed by atoms with van der Waals surface area (Å²) in [6.07, 6.45) is 1.48. The number of hydrogen-bond donors (Lipinski definition) is 0. The van der Waals surface area contributed by atoms with Gasteiger partial charge in [0.05, 0.1) is 6.10 Å². The number of carbonyl (C=O) groups excluding carboxylic acids is 1. The van der Waals surface area contributed by atoms with Crippen LogP contribution in [0, 0.1) is 5.92 Å². The Morgan fingerprint density at radius 1 is 1.45 bits per heavy atom. The average Bonchev–Trinajstić information content (AvgIpc) is 2.59. The van der Waals surface area contributed by atoms with E-state index in [0.29, 0.717) is 11.7 Å². The summed E-state index contributed by atoms with van der Waals surface area (Å²) in [5.74, 6) is 0.0280. The van der Waals surface area contributed by atoms with Gasteiger partial charge in [-0.1, -0.05) is 6.58 Å². The highest BCUT2D eigenvalue weighted by molar-refractivity contribution is 5.91. The number of fused-ring (bicyclic) bond motifs is 3. The molecule has 11 heavy (non-hydrogen) atoms. The Morgan fingerprint density at radius 3 is 3.00 bits per heavy atom. The highest BCUT2D eigenvalue weighted by atomic mass is 16.6. The molecule has 2 saturated heterocycles. The first-order valence-corrected chi connectivity index (χ1v) is 3.82. The van der Waals surface area contributed by atoms with Crippen LogP contribution in [-0.4, -0.2) is 24.3 Å². The summed E-state index contributed by atoms with van der Waals surface area (Å²) >= 11 is 0. The molecule has 2 heterocycles. The lowest BCUT2D eigenvalue weighted by Crippen LogP contribution is -2.17. The van der Waals surface area contributed by atoms with Crippen LogP contribution in [0.4, 0.5) is 0 Å². The predicted molar refractivity (Wildman–Crippen MR) is 35.8 cm³/mol. The smallest absolute Gasteiger partial charge is 0.334 e. The van der Waals surface area contributed by atoms with Crippen LogP contribution in [0.15, 0.2) is 12.2 Å². The van der Waals surface area contributed by atoms with Gasteiger partial charge in [-0.25, -0.2) is 4.79 Å². The molecule has 3 rings (SSSR count). The van der Waals surface area contributed by atoms with Crippen LogP contribution in [0.2, 0.25) is 0 Å². The molecule has 3 nitrogen and oxygen atoms in total. The Balaban J connectivity index is 1.96. The molecule has 0 aromatic heterocycles. The molecule has 3 aliphatic rings. The molecule has 1 saturated carbocycles. The van der Waals surface area contributed by atoms with E-state index in [1.165, 1.54) is 0 Å². The third-order valence-corrected chi connectivity index (χ3v) is 2.78. The number of rotatable bonds is 0. The van der Waals surface area contributed by atoms with E-state index in [0.717, 1.165) is 6.42 Å². The summed E-state index contributed by atoms with van der Waals surface area (Å²) in [6, 6.07) is 0. The number of carbonyl (C=O) groups is 1. The maximum absolute atomic E-state index is 11.0. The van der Waals surface area contributed by atoms with Crippen LogP contribution < -0.4 is 0 Å². The molecule has 4 atom stereocenters. The molecule has 0 N–H and O–H groups in total. The quantitative estimate of drug-likeness (QED) is 0.284. The van der Waals surface area contributed by atoms with Gasteiger partial charge in [-0.2, -0.15) is 0 Å². The van der Waals surface area contributed by atoms with E-state index in [2.05, 4.69) is 6.58 Å². The van der Waals surface area contributed by atoms with Gasteiger partial charge in [0.2, 0.25) is 0 Å². The second-order valence-corrected chi connectivity index (χ2v) is 3.38. The maximum Gasteiger partial charge on any atom is 0.334 e. The van der Waals surface area contributed by atoms with Crippen molar-refractivity contribution in [1.82, 2.24) is 0 Å². The van der Waals surface area contributed by atoms with Gasteiger partial charge < -0.3 is 9.47 Å². The number of epoxide rings is 1. The van der Waals surface area contributed by atoms with Gasteiger partial charge in [0.15, 0.2) is 0 Å². The number of ether oxygens (including phenoxy) is 2. The summed E-state index contributed by atoms with van der Waals surface area (Å²) in [7, 11) is 0. The highest BCUT2D eigenvalue weighted by Gasteiger charge is 2.61. The van der Waals surface area contributed by atoms with Crippen molar-refractivity contribution >= 4 is 5.97 Å². The largest absolute Gasteiger partial charge is 0.455 e. The molecule has 58 valence electrons. The van der Waals surface area contributed by atoms with Crippen molar-refractivity contribution < 1.29 is 14.3 Å². The fourth-order valence-corrected chi connectivity index (χ4v) is 2.09. The lowest BCUT2D eigenvalue weighted by molar-refractivity contribution is -0.139. The summed E-state index contributed by atoms with van der Waals surface area (Å²) in [5.41, 5.74) is 0.644. The number of hydrogen-bond acceptors (Lipinski definition) is 3. The molecule has 3 heteroatoms. The Kier molecular flexibility index (Phi) is 0.790. The predicted octanol–water partition coefficient (Wildman–Crippen LogP) is 0.255. The van der Waals surface area contributed by atoms with Crippen LogP contribution >= 0.6 is 0 Å². The fraction of sp³-hybridized carbons (Fsp3) is 0.625. The van der Waals surface area contributed by atoms with Gasteiger partial charge in [0, 0.05) is 11.5 Å². The zero-order chi connectivity index (χ0) is 7.59. The second-order valence-electron chi connectivity index (χ2n) is 3.38. The Morgan fingerprint density at radius 2 is 2.27 bits per heavy atom. The molecule has 0 aromatic rings. The lowest BCUT2D eigenvalue weighted by Gasteiger charge is -2.07. The van der Waals surface area contributed by atoms with Crippen LogP contribution in [0.25, 0.3) is 0 Å². The normalized spacial score (nSPS) is 52.0. The molecular formula is C8H8O3. The summed E-state index contributed by atoms with van der Waals surface area (Å²) < 4.78 is 10.3. The van der Waals surface area contributed by atoms with E-state index in [-0.39, 0.29) is 24.1 Å². The SMILES string of the molecule is C=C1C(=O)O[C@H]2[C@@H]3O[C@@H]3C[C@@H]12. The molecule has 0 unspecified atom stereocenters. The van der Waals surface area contributed by atoms with Crippen LogP contribution in [0.1, 0.15) is 6.42 Å². The summed E-state index contributed by atoms with van der Waals surface area (Å²) in [6.45, 7) is 3.70. The Bertz CT molecular complexity index is 258. The van der Waals surface area contributed by atoms with Crippen molar-refractivity contribution in [3.63, 3.8) is 0 Å². The van der Waals surface area contributed by atoms with Gasteiger partial charge in [-0.3, -0.25) is 0 Å². The minimum absolute atomic E-state index is 0.000000000000000222. The first-order valence-electron chi connectivity index (χ1n) is 3.82. The van der Waals surface area contributed by atoms with Crippen molar-refractivity contribution in [3.05, 3.63) is 12.2 Å². The van der Waals surface area contributed by atoms with E-state index in [1.807, 2.05) is 0 Å². The number of esters is 1. The van der Waals surface area contributed by atoms with Crippen molar-refractivity contribution in [3.8, 4) is 0 Å². The van der Waals surface area contributed by atoms with Crippen molar-refractivity contribution in [2.75, 3.05) is 0 Å². The molecule has 1 aliphatic carbocycles. The van der Waals surface area contributed by atoms with E-state index in [1.54, 1.807) is 0 Å². The molecule has 0 radical (unpaired) electrons. The monoisotopic (exact) mass is 152 g/mol. The second kappa shape index (κ2) is 1.50. The highest BCUT2D eigenvalue weighted by Crippen LogP contribution is 2.50. The molecule has 2 aliphatic heterocycles. The van der Waals surface area contributed by atoms with Gasteiger partial charge in [-0.05, 0) is 6.42 Å². The molecule has 0 bridgehead atoms. The van der Waals surface area contributed by atoms with Crippen LogP contribution in [0.3, 0.4) is 0 Å². The Hall–Kier alpha value is -0.830. The molecule has 0 spiro atoms. The zero-order valence-corrected chi connectivity index (χ0v) is 5.95. The fourth-order valence-electron chi connectivity index (χ4n) is 2.09. The molecular weight excluding hydrogens is 144 g/mol. The first kappa shape index (κ1) is 5.77. The van der Waals surface area contributed by atoms with Crippen molar-refractivity contribution in [1.29, 1.82) is 0 Å². The zero-order valence-electron chi connectivity index (χ0n) is 5.95. The van der Waals surface area contributed by atoms with Gasteiger partial charge in [0.25, 0.3) is 0 Å². The first-order chi connectivity index (χ1) is 5.27. The topological polar surface area (TPSA) is 38.8 Å². The summed E-state index contributed by atoms with van der Waals surface area (Å²) in [4.78, 5) is 11.0. The van der Waals surface area contributed by atoms with Crippen molar-refractivity contribution in [2.45, 2.75) is 24.7 Å². The van der Waals surface area contributed by atoms with Crippen molar-refractivity contribution in [2.24, 2.45) is 5.92 Å². The molecule has 3 fully saturated rings. The van der Waals surface area contributed by atoms with E-state index in [9.17, 15) is 4.79 Å². The van der Waals surface area contributed by atoms with Crippen LogP contribution in [0.5, 0.6) is 0 Å². The van der Waals surface area contributed by atoms with Crippen LogP contribution in [-0.2, 0) is 14.3 Å². The summed E-state index contributed by atoms with van der Waals surface area (Å²) in [5, 5.41) is 0. The minimum Gasteiger partial charge on any atom is -0.455 e. The Labute approximate surface area is 64.0 Å². The van der Waals surface area contributed by atoms with E-state index < -0.39 is 0 Å². The van der Waals surface area contributed by atoms with Gasteiger partial charge in [-0.15, -0.1) is 0 Å². The van der Waals surface area contributed by atoms with E-state index in [4.69, 9.17) is 9.47 Å². The maximum atomic E-state index is 11.0. The lowest BCUT2D eigenvalue weighted by atomic mass is 9.99. The van der Waals surface area contributed by atoms with Gasteiger partial charge >= 0.3 is 5.97 Å². The molecule has 0 amide bonds.